The molecule has 1 heterocycles. The van der Waals surface area contributed by atoms with Crippen molar-refractivity contribution in [2.24, 2.45) is 11.3 Å². The molecule has 172 valence electrons. The molecule has 1 aliphatic heterocycles. The Labute approximate surface area is 193 Å². The first kappa shape index (κ1) is 22.8. The van der Waals surface area contributed by atoms with E-state index in [1.165, 1.54) is 57.1 Å². The summed E-state index contributed by atoms with van der Waals surface area (Å²) < 4.78 is 4.78. The van der Waals surface area contributed by atoms with E-state index in [9.17, 15) is 4.79 Å². The van der Waals surface area contributed by atoms with Crippen molar-refractivity contribution < 1.29 is 9.53 Å². The number of carbonyl (C=O) groups excluding carboxylic acids is 1. The first-order valence-electron chi connectivity index (χ1n) is 12.1. The summed E-state index contributed by atoms with van der Waals surface area (Å²) in [5.74, 6) is 0.587. The van der Waals surface area contributed by atoms with Crippen LogP contribution in [-0.2, 0) is 4.74 Å². The summed E-state index contributed by atoms with van der Waals surface area (Å²) in [5, 5.41) is 0. The van der Waals surface area contributed by atoms with Gasteiger partial charge in [-0.3, -0.25) is 4.90 Å². The van der Waals surface area contributed by atoms with E-state index in [4.69, 9.17) is 4.74 Å². The molecule has 1 aliphatic carbocycles. The second-order valence-electron chi connectivity index (χ2n) is 10.5. The van der Waals surface area contributed by atoms with Crippen molar-refractivity contribution in [2.75, 3.05) is 38.2 Å². The molecular formula is C28H38N2O2. The molecule has 4 heteroatoms. The summed E-state index contributed by atoms with van der Waals surface area (Å²) in [4.78, 5) is 16.9. The highest BCUT2D eigenvalue weighted by atomic mass is 16.5. The van der Waals surface area contributed by atoms with Crippen molar-refractivity contribution in [1.29, 1.82) is 0 Å². The lowest BCUT2D eigenvalue weighted by Crippen LogP contribution is -2.51. The molecule has 2 fully saturated rings. The van der Waals surface area contributed by atoms with Gasteiger partial charge in [-0.05, 0) is 72.4 Å². The molecule has 32 heavy (non-hydrogen) atoms. The summed E-state index contributed by atoms with van der Waals surface area (Å²) in [6, 6.07) is 17.2. The van der Waals surface area contributed by atoms with Crippen molar-refractivity contribution in [1.82, 2.24) is 4.90 Å². The van der Waals surface area contributed by atoms with Crippen LogP contribution >= 0.6 is 0 Å². The molecule has 4 rings (SSSR count). The molecule has 2 aromatic carbocycles. The van der Waals surface area contributed by atoms with Crippen LogP contribution in [0.1, 0.15) is 56.8 Å². The van der Waals surface area contributed by atoms with Crippen LogP contribution in [0.4, 0.5) is 5.69 Å². The fourth-order valence-corrected chi connectivity index (χ4v) is 5.43. The fourth-order valence-electron chi connectivity index (χ4n) is 5.43. The molecule has 0 radical (unpaired) electrons. The SMILES string of the molecule is COC(=O)c1ccc(-c2ccc(N3CCN(C4CCC(C(C)(C)C)CC4)CC3)cc2)cc1. The number of anilines is 1. The van der Waals surface area contributed by atoms with Gasteiger partial charge in [-0.2, -0.15) is 0 Å². The number of hydrogen-bond acceptors (Lipinski definition) is 4. The molecule has 0 atom stereocenters. The van der Waals surface area contributed by atoms with E-state index < -0.39 is 0 Å². The zero-order valence-electron chi connectivity index (χ0n) is 20.1. The molecule has 2 aliphatic rings. The molecule has 4 nitrogen and oxygen atoms in total. The van der Waals surface area contributed by atoms with E-state index in [1.807, 2.05) is 24.3 Å². The van der Waals surface area contributed by atoms with Gasteiger partial charge >= 0.3 is 5.97 Å². The molecule has 0 bridgehead atoms. The van der Waals surface area contributed by atoms with Crippen LogP contribution in [0.3, 0.4) is 0 Å². The largest absolute Gasteiger partial charge is 0.465 e. The van der Waals surface area contributed by atoms with Gasteiger partial charge in [0.25, 0.3) is 0 Å². The number of carbonyl (C=O) groups is 1. The summed E-state index contributed by atoms with van der Waals surface area (Å²) in [7, 11) is 1.41. The zero-order valence-corrected chi connectivity index (χ0v) is 20.1. The first-order valence-corrected chi connectivity index (χ1v) is 12.1. The normalized spacial score (nSPS) is 22.6. The minimum absolute atomic E-state index is 0.298. The van der Waals surface area contributed by atoms with Crippen LogP contribution in [0.15, 0.2) is 48.5 Å². The lowest BCUT2D eigenvalue weighted by Gasteiger charge is -2.44. The minimum Gasteiger partial charge on any atom is -0.465 e. The molecule has 0 aromatic heterocycles. The number of rotatable bonds is 4. The van der Waals surface area contributed by atoms with E-state index in [0.29, 0.717) is 11.0 Å². The smallest absolute Gasteiger partial charge is 0.337 e. The van der Waals surface area contributed by atoms with Gasteiger partial charge in [0.2, 0.25) is 0 Å². The van der Waals surface area contributed by atoms with Crippen molar-refractivity contribution in [3.05, 3.63) is 54.1 Å². The monoisotopic (exact) mass is 434 g/mol. The fraction of sp³-hybridized carbons (Fsp3) is 0.536. The van der Waals surface area contributed by atoms with Gasteiger partial charge in [0.15, 0.2) is 0 Å². The van der Waals surface area contributed by atoms with E-state index in [0.717, 1.165) is 30.6 Å². The van der Waals surface area contributed by atoms with Gasteiger partial charge < -0.3 is 9.64 Å². The van der Waals surface area contributed by atoms with Gasteiger partial charge in [-0.25, -0.2) is 4.79 Å². The van der Waals surface area contributed by atoms with Gasteiger partial charge in [-0.1, -0.05) is 45.0 Å². The highest BCUT2D eigenvalue weighted by Crippen LogP contribution is 2.39. The number of hydrogen-bond donors (Lipinski definition) is 0. The van der Waals surface area contributed by atoms with Crippen LogP contribution in [0.2, 0.25) is 0 Å². The molecule has 0 spiro atoms. The van der Waals surface area contributed by atoms with E-state index in [1.54, 1.807) is 0 Å². The maximum Gasteiger partial charge on any atom is 0.337 e. The summed E-state index contributed by atoms with van der Waals surface area (Å²) in [6.45, 7) is 11.8. The van der Waals surface area contributed by atoms with E-state index in [2.05, 4.69) is 54.8 Å². The third-order valence-corrected chi connectivity index (χ3v) is 7.62. The lowest BCUT2D eigenvalue weighted by atomic mass is 9.71. The highest BCUT2D eigenvalue weighted by Gasteiger charge is 2.33. The van der Waals surface area contributed by atoms with Gasteiger partial charge in [0.05, 0.1) is 12.7 Å². The molecule has 0 unspecified atom stereocenters. The Kier molecular flexibility index (Phi) is 6.90. The standard InChI is InChI=1S/C28H38N2O2/c1-28(2,3)24-11-15-26(16-12-24)30-19-17-29(18-20-30)25-13-9-22(10-14-25)21-5-7-23(8-6-21)27(31)32-4/h5-10,13-14,24,26H,11-12,15-20H2,1-4H3. The molecule has 0 N–H and O–H groups in total. The Morgan fingerprint density at radius 3 is 1.84 bits per heavy atom. The summed E-state index contributed by atoms with van der Waals surface area (Å²) >= 11 is 0. The molecular weight excluding hydrogens is 396 g/mol. The second-order valence-corrected chi connectivity index (χ2v) is 10.5. The van der Waals surface area contributed by atoms with E-state index >= 15 is 0 Å². The van der Waals surface area contributed by atoms with Crippen LogP contribution in [0, 0.1) is 11.3 Å². The topological polar surface area (TPSA) is 32.8 Å². The van der Waals surface area contributed by atoms with Crippen LogP contribution in [-0.4, -0.2) is 50.2 Å². The number of benzene rings is 2. The van der Waals surface area contributed by atoms with Crippen molar-refractivity contribution in [3.8, 4) is 11.1 Å². The number of ether oxygens (including phenoxy) is 1. The second kappa shape index (κ2) is 9.66. The number of esters is 1. The minimum atomic E-state index is -0.298. The number of methoxy groups -OCH3 is 1. The maximum absolute atomic E-state index is 11.6. The van der Waals surface area contributed by atoms with Gasteiger partial charge in [0.1, 0.15) is 0 Å². The Bertz CT molecular complexity index is 883. The molecule has 1 saturated carbocycles. The lowest BCUT2D eigenvalue weighted by molar-refractivity contribution is 0.0600. The highest BCUT2D eigenvalue weighted by molar-refractivity contribution is 5.90. The third kappa shape index (κ3) is 5.17. The zero-order chi connectivity index (χ0) is 22.7. The molecule has 1 saturated heterocycles. The van der Waals surface area contributed by atoms with Crippen LogP contribution in [0.5, 0.6) is 0 Å². The average Bonchev–Trinajstić information content (AvgIpc) is 2.83. The number of piperazine rings is 1. The molecule has 0 amide bonds. The average molecular weight is 435 g/mol. The van der Waals surface area contributed by atoms with E-state index in [-0.39, 0.29) is 5.97 Å². The van der Waals surface area contributed by atoms with Crippen molar-refractivity contribution in [3.63, 3.8) is 0 Å². The van der Waals surface area contributed by atoms with Crippen LogP contribution < -0.4 is 4.90 Å². The Balaban J connectivity index is 1.30. The number of nitrogens with zero attached hydrogens (tertiary/aromatic N) is 2. The Hall–Kier alpha value is -2.33. The predicted molar refractivity (Wildman–Crippen MR) is 132 cm³/mol. The Morgan fingerprint density at radius 2 is 1.34 bits per heavy atom. The van der Waals surface area contributed by atoms with Gasteiger partial charge in [-0.15, -0.1) is 0 Å². The summed E-state index contributed by atoms with van der Waals surface area (Å²) in [6.07, 6.45) is 5.50. The van der Waals surface area contributed by atoms with Crippen molar-refractivity contribution in [2.45, 2.75) is 52.5 Å². The third-order valence-electron chi connectivity index (χ3n) is 7.62. The van der Waals surface area contributed by atoms with Gasteiger partial charge in [0, 0.05) is 37.9 Å². The van der Waals surface area contributed by atoms with Crippen molar-refractivity contribution >= 4 is 11.7 Å². The predicted octanol–water partition coefficient (Wildman–Crippen LogP) is 5.87. The van der Waals surface area contributed by atoms with Crippen LogP contribution in [0.25, 0.3) is 11.1 Å². The first-order chi connectivity index (χ1) is 15.3. The summed E-state index contributed by atoms with van der Waals surface area (Å²) in [5.41, 5.74) is 4.62. The Morgan fingerprint density at radius 1 is 0.812 bits per heavy atom. The molecule has 2 aromatic rings. The quantitative estimate of drug-likeness (QED) is 0.564. The maximum atomic E-state index is 11.6.